The number of nitrogens with zero attached hydrogens (tertiary/aromatic N) is 3. The van der Waals surface area contributed by atoms with E-state index in [1.807, 2.05) is 0 Å². The zero-order valence-electron chi connectivity index (χ0n) is 17.9. The zero-order chi connectivity index (χ0) is 21.9. The van der Waals surface area contributed by atoms with Crippen molar-refractivity contribution >= 4 is 27.5 Å². The molecule has 2 aliphatic heterocycles. The molecule has 0 saturated carbocycles. The van der Waals surface area contributed by atoms with Gasteiger partial charge in [0.05, 0.1) is 16.9 Å². The van der Waals surface area contributed by atoms with Crippen molar-refractivity contribution in [2.75, 3.05) is 44.7 Å². The van der Waals surface area contributed by atoms with Crippen LogP contribution in [0.5, 0.6) is 0 Å². The van der Waals surface area contributed by atoms with E-state index in [-0.39, 0.29) is 29.2 Å². The average Bonchev–Trinajstić information content (AvgIpc) is 3.37. The smallest absolute Gasteiger partial charge is 0.243 e. The molecule has 2 saturated heterocycles. The number of hydrogen-bond acceptors (Lipinski definition) is 5. The minimum absolute atomic E-state index is 0.0536. The van der Waals surface area contributed by atoms with E-state index in [1.54, 1.807) is 42.8 Å². The quantitative estimate of drug-likeness (QED) is 0.618. The van der Waals surface area contributed by atoms with Crippen LogP contribution in [-0.4, -0.2) is 75.4 Å². The van der Waals surface area contributed by atoms with Crippen LogP contribution in [0.15, 0.2) is 29.2 Å². The molecule has 3 rings (SSSR count). The Balaban J connectivity index is 1.66. The molecule has 2 aliphatic rings. The highest BCUT2D eigenvalue weighted by atomic mass is 32.2. The number of likely N-dealkylation sites (N-methyl/N-ethyl adjacent to an activating group) is 1. The summed E-state index contributed by atoms with van der Waals surface area (Å²) < 4.78 is 32.3. The lowest BCUT2D eigenvalue weighted by Gasteiger charge is -2.24. The van der Waals surface area contributed by atoms with Crippen LogP contribution in [0.2, 0.25) is 0 Å². The fourth-order valence-electron chi connectivity index (χ4n) is 4.13. The number of carbonyl (C=O) groups is 2. The Bertz CT molecular complexity index is 861. The van der Waals surface area contributed by atoms with Crippen LogP contribution in [0.25, 0.3) is 0 Å². The van der Waals surface area contributed by atoms with Gasteiger partial charge in [0.2, 0.25) is 21.8 Å². The molecule has 2 amide bonds. The average molecular weight is 438 g/mol. The van der Waals surface area contributed by atoms with Crippen LogP contribution in [0.1, 0.15) is 33.1 Å². The van der Waals surface area contributed by atoms with E-state index in [1.165, 1.54) is 16.4 Å². The zero-order valence-corrected chi connectivity index (χ0v) is 18.7. The van der Waals surface area contributed by atoms with E-state index in [2.05, 4.69) is 0 Å². The molecule has 166 valence electrons. The summed E-state index contributed by atoms with van der Waals surface area (Å²) in [4.78, 5) is 28.8. The molecule has 2 atom stereocenters. The van der Waals surface area contributed by atoms with Gasteiger partial charge in [-0.15, -0.1) is 0 Å². The lowest BCUT2D eigenvalue weighted by atomic mass is 10.1. The predicted octanol–water partition coefficient (Wildman–Crippen LogP) is 1.71. The normalized spacial score (nSPS) is 22.1. The van der Waals surface area contributed by atoms with Crippen molar-refractivity contribution in [2.24, 2.45) is 5.92 Å². The number of sulfonamides is 1. The summed E-state index contributed by atoms with van der Waals surface area (Å²) in [5.41, 5.74) is 0.607. The summed E-state index contributed by atoms with van der Waals surface area (Å²) in [6.07, 6.45) is 2.21. The number of rotatable bonds is 8. The number of amides is 2. The van der Waals surface area contributed by atoms with Gasteiger partial charge in [0, 0.05) is 51.9 Å². The van der Waals surface area contributed by atoms with Crippen LogP contribution in [0.3, 0.4) is 0 Å². The van der Waals surface area contributed by atoms with E-state index in [9.17, 15) is 18.0 Å². The Morgan fingerprint density at radius 3 is 2.43 bits per heavy atom. The predicted molar refractivity (Wildman–Crippen MR) is 114 cm³/mol. The molecular formula is C21H31N3O5S. The van der Waals surface area contributed by atoms with Gasteiger partial charge in [-0.3, -0.25) is 9.59 Å². The molecule has 0 N–H and O–H groups in total. The molecule has 1 aromatic carbocycles. The molecule has 2 fully saturated rings. The van der Waals surface area contributed by atoms with Crippen molar-refractivity contribution in [1.82, 2.24) is 9.21 Å². The van der Waals surface area contributed by atoms with Gasteiger partial charge < -0.3 is 14.5 Å². The first-order valence-corrected chi connectivity index (χ1v) is 12.0. The van der Waals surface area contributed by atoms with Crippen molar-refractivity contribution in [2.45, 2.75) is 44.1 Å². The van der Waals surface area contributed by atoms with Crippen molar-refractivity contribution in [1.29, 1.82) is 0 Å². The minimum Gasteiger partial charge on any atom is -0.376 e. The Morgan fingerprint density at radius 2 is 1.87 bits per heavy atom. The second-order valence-corrected chi connectivity index (χ2v) is 9.78. The van der Waals surface area contributed by atoms with Crippen LogP contribution in [-0.2, 0) is 24.3 Å². The molecule has 8 nitrogen and oxygen atoms in total. The fraction of sp³-hybridized carbons (Fsp3) is 0.619. The van der Waals surface area contributed by atoms with Gasteiger partial charge in [-0.05, 0) is 37.1 Å². The first kappa shape index (κ1) is 22.7. The number of hydrogen-bond donors (Lipinski definition) is 0. The van der Waals surface area contributed by atoms with Crippen molar-refractivity contribution < 1.29 is 22.7 Å². The third-order valence-corrected chi connectivity index (χ3v) is 7.91. The molecule has 0 aliphatic carbocycles. The summed E-state index contributed by atoms with van der Waals surface area (Å²) >= 11 is 0. The summed E-state index contributed by atoms with van der Waals surface area (Å²) in [6.45, 7) is 5.97. The van der Waals surface area contributed by atoms with Crippen molar-refractivity contribution in [3.05, 3.63) is 24.3 Å². The molecule has 30 heavy (non-hydrogen) atoms. The number of carbonyl (C=O) groups excluding carboxylic acids is 2. The number of ether oxygens (including phenoxy) is 1. The number of benzene rings is 1. The first-order chi connectivity index (χ1) is 14.3. The minimum atomic E-state index is -3.54. The summed E-state index contributed by atoms with van der Waals surface area (Å²) in [7, 11) is -1.79. The van der Waals surface area contributed by atoms with E-state index in [0.29, 0.717) is 31.9 Å². The van der Waals surface area contributed by atoms with Crippen LogP contribution < -0.4 is 4.90 Å². The highest BCUT2D eigenvalue weighted by Crippen LogP contribution is 2.28. The highest BCUT2D eigenvalue weighted by molar-refractivity contribution is 7.89. The molecule has 0 radical (unpaired) electrons. The molecule has 1 aromatic rings. The topological polar surface area (TPSA) is 87.2 Å². The Labute approximate surface area is 178 Å². The molecule has 2 unspecified atom stereocenters. The maximum atomic E-state index is 12.8. The van der Waals surface area contributed by atoms with Gasteiger partial charge in [0.1, 0.15) is 0 Å². The van der Waals surface area contributed by atoms with Gasteiger partial charge in [0.25, 0.3) is 0 Å². The maximum Gasteiger partial charge on any atom is 0.243 e. The molecule has 0 bridgehead atoms. The van der Waals surface area contributed by atoms with Gasteiger partial charge in [-0.2, -0.15) is 4.31 Å². The second-order valence-electron chi connectivity index (χ2n) is 7.84. The maximum absolute atomic E-state index is 12.8. The number of anilines is 1. The third kappa shape index (κ3) is 4.68. The van der Waals surface area contributed by atoms with Crippen LogP contribution in [0, 0.1) is 5.92 Å². The van der Waals surface area contributed by atoms with E-state index in [0.717, 1.165) is 19.4 Å². The van der Waals surface area contributed by atoms with Crippen molar-refractivity contribution in [3.8, 4) is 0 Å². The monoisotopic (exact) mass is 437 g/mol. The third-order valence-electron chi connectivity index (χ3n) is 5.84. The van der Waals surface area contributed by atoms with Crippen LogP contribution >= 0.6 is 0 Å². The fourth-order valence-corrected chi connectivity index (χ4v) is 5.59. The summed E-state index contributed by atoms with van der Waals surface area (Å²) in [6, 6.07) is 6.32. The second kappa shape index (κ2) is 9.45. The van der Waals surface area contributed by atoms with Crippen LogP contribution in [0.4, 0.5) is 5.69 Å². The lowest BCUT2D eigenvalue weighted by Crippen LogP contribution is -2.39. The largest absolute Gasteiger partial charge is 0.376 e. The molecule has 9 heteroatoms. The molecule has 0 aromatic heterocycles. The Morgan fingerprint density at radius 1 is 1.20 bits per heavy atom. The molecule has 2 heterocycles. The van der Waals surface area contributed by atoms with Gasteiger partial charge in [-0.1, -0.05) is 13.8 Å². The molecule has 0 spiro atoms. The van der Waals surface area contributed by atoms with Gasteiger partial charge in [0.15, 0.2) is 0 Å². The Hall–Kier alpha value is -1.97. The van der Waals surface area contributed by atoms with Crippen molar-refractivity contribution in [3.63, 3.8) is 0 Å². The molecular weight excluding hydrogens is 406 g/mol. The van der Waals surface area contributed by atoms with E-state index in [4.69, 9.17) is 4.74 Å². The van der Waals surface area contributed by atoms with E-state index < -0.39 is 15.9 Å². The van der Waals surface area contributed by atoms with Gasteiger partial charge >= 0.3 is 0 Å². The highest BCUT2D eigenvalue weighted by Gasteiger charge is 2.37. The SMILES string of the molecule is CCN(CC)S(=O)(=O)c1ccc(N2CC(C(=O)N(C)CC3CCCO3)CC2=O)cc1. The summed E-state index contributed by atoms with van der Waals surface area (Å²) in [5.74, 6) is -0.580. The van der Waals surface area contributed by atoms with Gasteiger partial charge in [-0.25, -0.2) is 8.42 Å². The standard InChI is InChI=1S/C21H31N3O5S/c1-4-23(5-2)30(27,28)19-10-8-17(9-11-19)24-14-16(13-20(24)25)21(26)22(3)15-18-7-6-12-29-18/h8-11,16,18H,4-7,12-15H2,1-3H3. The lowest BCUT2D eigenvalue weighted by molar-refractivity contribution is -0.135. The first-order valence-electron chi connectivity index (χ1n) is 10.5. The Kier molecular flexibility index (Phi) is 7.15. The van der Waals surface area contributed by atoms with E-state index >= 15 is 0 Å². The summed E-state index contributed by atoms with van der Waals surface area (Å²) in [5, 5.41) is 0.